The fourth-order valence-corrected chi connectivity index (χ4v) is 4.45. The van der Waals surface area contributed by atoms with Crippen molar-refractivity contribution in [1.29, 1.82) is 5.26 Å². The van der Waals surface area contributed by atoms with Gasteiger partial charge >= 0.3 is 0 Å². The quantitative estimate of drug-likeness (QED) is 0.394. The molecule has 0 bridgehead atoms. The van der Waals surface area contributed by atoms with Gasteiger partial charge in [-0.15, -0.1) is 0 Å². The number of carbonyl (C=O) groups excluding carboxylic acids is 2. The Morgan fingerprint density at radius 3 is 2.69 bits per heavy atom. The number of thioether (sulfide) groups is 1. The fraction of sp³-hybridized carbons (Fsp3) is 0.292. The van der Waals surface area contributed by atoms with Gasteiger partial charge in [-0.25, -0.2) is 0 Å². The summed E-state index contributed by atoms with van der Waals surface area (Å²) in [6, 6.07) is 12.7. The number of nitriles is 1. The number of nitrogens with zero attached hydrogens (tertiary/aromatic N) is 2. The molecule has 1 heterocycles. The third-order valence-electron chi connectivity index (χ3n) is 4.86. The summed E-state index contributed by atoms with van der Waals surface area (Å²) < 4.78 is 12.5. The van der Waals surface area contributed by atoms with E-state index in [1.54, 1.807) is 36.4 Å². The maximum Gasteiger partial charge on any atom is 0.293 e. The van der Waals surface area contributed by atoms with Gasteiger partial charge in [0.05, 0.1) is 40.3 Å². The summed E-state index contributed by atoms with van der Waals surface area (Å²) >= 11 is 4.42. The lowest BCUT2D eigenvalue weighted by atomic mass is 10.1. The van der Waals surface area contributed by atoms with Crippen molar-refractivity contribution in [3.63, 3.8) is 0 Å². The van der Waals surface area contributed by atoms with Crippen molar-refractivity contribution >= 4 is 44.9 Å². The van der Waals surface area contributed by atoms with Gasteiger partial charge in [-0.2, -0.15) is 5.26 Å². The van der Waals surface area contributed by atoms with Gasteiger partial charge in [-0.05, 0) is 83.4 Å². The molecule has 0 saturated carbocycles. The zero-order valence-electron chi connectivity index (χ0n) is 18.1. The molecule has 0 aliphatic carbocycles. The van der Waals surface area contributed by atoms with Crippen molar-refractivity contribution in [3.05, 3.63) is 62.5 Å². The Kier molecular flexibility index (Phi) is 7.99. The average Bonchev–Trinajstić information content (AvgIpc) is 3.03. The van der Waals surface area contributed by atoms with Crippen LogP contribution in [0.1, 0.15) is 43.9 Å². The van der Waals surface area contributed by atoms with Crippen LogP contribution in [-0.2, 0) is 11.3 Å². The minimum absolute atomic E-state index is 0.0177. The first kappa shape index (κ1) is 23.9. The van der Waals surface area contributed by atoms with Gasteiger partial charge in [-0.3, -0.25) is 14.5 Å². The zero-order valence-corrected chi connectivity index (χ0v) is 20.5. The normalized spacial score (nSPS) is 15.7. The summed E-state index contributed by atoms with van der Waals surface area (Å²) in [4.78, 5) is 26.9. The predicted molar refractivity (Wildman–Crippen MR) is 128 cm³/mol. The molecule has 32 heavy (non-hydrogen) atoms. The van der Waals surface area contributed by atoms with E-state index in [9.17, 15) is 14.9 Å². The summed E-state index contributed by atoms with van der Waals surface area (Å²) in [5.74, 6) is 0.789. The highest BCUT2D eigenvalue weighted by molar-refractivity contribution is 9.10. The van der Waals surface area contributed by atoms with Crippen LogP contribution < -0.4 is 9.47 Å². The minimum Gasteiger partial charge on any atom is -0.490 e. The average molecular weight is 515 g/mol. The molecule has 0 aromatic heterocycles. The molecule has 1 atom stereocenters. The third-order valence-corrected chi connectivity index (χ3v) is 6.36. The summed E-state index contributed by atoms with van der Waals surface area (Å²) in [5.41, 5.74) is 1.78. The van der Waals surface area contributed by atoms with Crippen LogP contribution in [0.5, 0.6) is 11.5 Å². The Balaban J connectivity index is 1.89. The van der Waals surface area contributed by atoms with Crippen LogP contribution in [0.25, 0.3) is 6.08 Å². The van der Waals surface area contributed by atoms with Gasteiger partial charge in [0, 0.05) is 0 Å². The SMILES string of the molecule is CCOc1cc(/C=C2/SC(=O)N(Cc3ccccc3C#N)C2=O)cc(Br)c1O[C@@H](C)CC. The summed E-state index contributed by atoms with van der Waals surface area (Å²) in [7, 11) is 0. The van der Waals surface area contributed by atoms with Crippen LogP contribution >= 0.6 is 27.7 Å². The topological polar surface area (TPSA) is 79.6 Å². The molecule has 1 saturated heterocycles. The van der Waals surface area contributed by atoms with E-state index in [-0.39, 0.29) is 23.8 Å². The van der Waals surface area contributed by atoms with E-state index in [2.05, 4.69) is 22.0 Å². The largest absolute Gasteiger partial charge is 0.490 e. The Labute approximate surface area is 200 Å². The van der Waals surface area contributed by atoms with Gasteiger partial charge in [0.1, 0.15) is 0 Å². The van der Waals surface area contributed by atoms with E-state index in [0.717, 1.165) is 23.1 Å². The molecule has 1 fully saturated rings. The molecular weight excluding hydrogens is 492 g/mol. The first-order valence-electron chi connectivity index (χ1n) is 10.2. The van der Waals surface area contributed by atoms with Crippen molar-refractivity contribution in [2.75, 3.05) is 6.61 Å². The number of halogens is 1. The molecule has 0 unspecified atom stereocenters. The van der Waals surface area contributed by atoms with Gasteiger partial charge in [0.2, 0.25) is 0 Å². The third kappa shape index (κ3) is 5.34. The molecule has 1 aliphatic heterocycles. The molecular formula is C24H23BrN2O4S. The second-order valence-electron chi connectivity index (χ2n) is 7.14. The second kappa shape index (κ2) is 10.7. The van der Waals surface area contributed by atoms with Crippen molar-refractivity contribution < 1.29 is 19.1 Å². The number of ether oxygens (including phenoxy) is 2. The predicted octanol–water partition coefficient (Wildman–Crippen LogP) is 6.13. The number of rotatable bonds is 8. The van der Waals surface area contributed by atoms with E-state index in [1.807, 2.05) is 26.8 Å². The molecule has 166 valence electrons. The van der Waals surface area contributed by atoms with Crippen LogP contribution in [0, 0.1) is 11.3 Å². The molecule has 1 aliphatic rings. The van der Waals surface area contributed by atoms with Gasteiger partial charge in [0.15, 0.2) is 11.5 Å². The summed E-state index contributed by atoms with van der Waals surface area (Å²) in [5, 5.41) is 8.91. The van der Waals surface area contributed by atoms with Gasteiger partial charge < -0.3 is 9.47 Å². The second-order valence-corrected chi connectivity index (χ2v) is 8.98. The lowest BCUT2D eigenvalue weighted by Gasteiger charge is -2.18. The van der Waals surface area contributed by atoms with Crippen molar-refractivity contribution in [2.45, 2.75) is 39.8 Å². The van der Waals surface area contributed by atoms with Crippen molar-refractivity contribution in [2.24, 2.45) is 0 Å². The number of benzene rings is 2. The van der Waals surface area contributed by atoms with Crippen LogP contribution in [-0.4, -0.2) is 28.8 Å². The molecule has 3 rings (SSSR count). The number of carbonyl (C=O) groups is 2. The van der Waals surface area contributed by atoms with Crippen LogP contribution in [0.3, 0.4) is 0 Å². The van der Waals surface area contributed by atoms with Crippen LogP contribution in [0.4, 0.5) is 4.79 Å². The van der Waals surface area contributed by atoms with Crippen molar-refractivity contribution in [1.82, 2.24) is 4.90 Å². The van der Waals surface area contributed by atoms with E-state index >= 15 is 0 Å². The molecule has 8 heteroatoms. The Morgan fingerprint density at radius 1 is 1.25 bits per heavy atom. The van der Waals surface area contributed by atoms with E-state index in [4.69, 9.17) is 9.47 Å². The minimum atomic E-state index is -0.387. The number of hydrogen-bond acceptors (Lipinski definition) is 6. The number of hydrogen-bond donors (Lipinski definition) is 0. The zero-order chi connectivity index (χ0) is 23.3. The van der Waals surface area contributed by atoms with Crippen LogP contribution in [0.2, 0.25) is 0 Å². The highest BCUT2D eigenvalue weighted by Gasteiger charge is 2.35. The van der Waals surface area contributed by atoms with E-state index < -0.39 is 0 Å². The van der Waals surface area contributed by atoms with Crippen molar-refractivity contribution in [3.8, 4) is 17.6 Å². The van der Waals surface area contributed by atoms with Crippen LogP contribution in [0.15, 0.2) is 45.8 Å². The van der Waals surface area contributed by atoms with E-state index in [1.165, 1.54) is 0 Å². The lowest BCUT2D eigenvalue weighted by Crippen LogP contribution is -2.27. The standard InChI is InChI=1S/C24H23BrN2O4S/c1-4-15(3)31-22-19(25)10-16(11-20(22)30-5-2)12-21-23(28)27(24(29)32-21)14-18-9-7-6-8-17(18)13-26/h6-12,15H,4-5,14H2,1-3H3/b21-12+/t15-/m0/s1. The first-order chi connectivity index (χ1) is 15.4. The van der Waals surface area contributed by atoms with Gasteiger partial charge in [-0.1, -0.05) is 25.1 Å². The highest BCUT2D eigenvalue weighted by atomic mass is 79.9. The molecule has 0 spiro atoms. The van der Waals surface area contributed by atoms with E-state index in [0.29, 0.717) is 44.2 Å². The maximum atomic E-state index is 12.9. The fourth-order valence-electron chi connectivity index (χ4n) is 3.06. The molecule has 2 aromatic rings. The molecule has 2 aromatic carbocycles. The summed E-state index contributed by atoms with van der Waals surface area (Å²) in [6.07, 6.45) is 2.53. The smallest absolute Gasteiger partial charge is 0.293 e. The van der Waals surface area contributed by atoms with Gasteiger partial charge in [0.25, 0.3) is 11.1 Å². The monoisotopic (exact) mass is 514 g/mol. The Hall–Kier alpha value is -2.76. The number of amides is 2. The Morgan fingerprint density at radius 2 is 2.00 bits per heavy atom. The molecule has 6 nitrogen and oxygen atoms in total. The molecule has 0 N–H and O–H groups in total. The Bertz CT molecular complexity index is 1110. The highest BCUT2D eigenvalue weighted by Crippen LogP contribution is 2.40. The summed E-state index contributed by atoms with van der Waals surface area (Å²) in [6.45, 7) is 6.43. The molecule has 0 radical (unpaired) electrons. The maximum absolute atomic E-state index is 12.9. The number of imide groups is 1. The first-order valence-corrected chi connectivity index (χ1v) is 11.8. The lowest BCUT2D eigenvalue weighted by molar-refractivity contribution is -0.123. The molecule has 2 amide bonds.